The van der Waals surface area contributed by atoms with Crippen molar-refractivity contribution in [2.45, 2.75) is 38.5 Å². The molecule has 0 amide bonds. The van der Waals surface area contributed by atoms with Crippen molar-refractivity contribution in [3.8, 4) is 22.3 Å². The van der Waals surface area contributed by atoms with Crippen LogP contribution in [0.5, 0.6) is 0 Å². The van der Waals surface area contributed by atoms with Gasteiger partial charge in [-0.2, -0.15) is 0 Å². The Morgan fingerprint density at radius 1 is 0.243 bits per heavy atom. The molecule has 2 aliphatic rings. The third-order valence-electron chi connectivity index (χ3n) is 16.0. The van der Waals surface area contributed by atoms with Gasteiger partial charge in [0.25, 0.3) is 0 Å². The second-order valence-corrected chi connectivity index (χ2v) is 20.5. The fraction of sp³-hybridized carbons (Fsp3) is 0.0882. The summed E-state index contributed by atoms with van der Waals surface area (Å²) in [6.07, 6.45) is 0. The first-order chi connectivity index (χ1) is 34.2. The second-order valence-electron chi connectivity index (χ2n) is 20.5. The molecule has 0 atom stereocenters. The highest BCUT2D eigenvalue weighted by Crippen LogP contribution is 2.54. The van der Waals surface area contributed by atoms with Crippen molar-refractivity contribution in [2.75, 3.05) is 9.80 Å². The Labute approximate surface area is 409 Å². The van der Waals surface area contributed by atoms with E-state index in [4.69, 9.17) is 0 Å². The zero-order valence-corrected chi connectivity index (χ0v) is 39.8. The highest BCUT2D eigenvalue weighted by atomic mass is 15.2. The maximum atomic E-state index is 2.51. The summed E-state index contributed by atoms with van der Waals surface area (Å²) < 4.78 is 0. The van der Waals surface area contributed by atoms with E-state index in [-0.39, 0.29) is 10.8 Å². The molecule has 14 rings (SSSR count). The molecule has 0 bridgehead atoms. The first-order valence-corrected chi connectivity index (χ1v) is 24.7. The fourth-order valence-corrected chi connectivity index (χ4v) is 12.5. The van der Waals surface area contributed by atoms with Gasteiger partial charge in [0.1, 0.15) is 0 Å². The number of hydrogen-bond donors (Lipinski definition) is 0. The van der Waals surface area contributed by atoms with Crippen molar-refractivity contribution in [1.82, 2.24) is 0 Å². The van der Waals surface area contributed by atoms with Crippen molar-refractivity contribution < 1.29 is 0 Å². The molecule has 0 heterocycles. The molecule has 2 nitrogen and oxygen atoms in total. The quantitative estimate of drug-likeness (QED) is 0.153. The third-order valence-corrected chi connectivity index (χ3v) is 16.0. The van der Waals surface area contributed by atoms with Crippen LogP contribution >= 0.6 is 0 Å². The third kappa shape index (κ3) is 5.93. The minimum atomic E-state index is -0.0912. The monoisotopic (exact) mass is 894 g/mol. The zero-order chi connectivity index (χ0) is 46.9. The molecule has 2 heteroatoms. The summed E-state index contributed by atoms with van der Waals surface area (Å²) in [7, 11) is 0. The minimum absolute atomic E-state index is 0.0912. The van der Waals surface area contributed by atoms with Gasteiger partial charge in [-0.3, -0.25) is 0 Å². The van der Waals surface area contributed by atoms with E-state index >= 15 is 0 Å². The van der Waals surface area contributed by atoms with Gasteiger partial charge >= 0.3 is 0 Å². The van der Waals surface area contributed by atoms with Gasteiger partial charge in [0.15, 0.2) is 0 Å². The summed E-state index contributed by atoms with van der Waals surface area (Å²) in [5.74, 6) is 0. The van der Waals surface area contributed by atoms with Crippen molar-refractivity contribution in [1.29, 1.82) is 0 Å². The topological polar surface area (TPSA) is 6.48 Å². The van der Waals surface area contributed by atoms with Crippen molar-refractivity contribution in [3.63, 3.8) is 0 Å². The average molecular weight is 895 g/mol. The number of nitrogens with zero attached hydrogens (tertiary/aromatic N) is 2. The minimum Gasteiger partial charge on any atom is -0.310 e. The van der Waals surface area contributed by atoms with Crippen LogP contribution in [-0.2, 0) is 10.8 Å². The lowest BCUT2D eigenvalue weighted by atomic mass is 9.82. The van der Waals surface area contributed by atoms with Crippen LogP contribution in [0.2, 0.25) is 0 Å². The van der Waals surface area contributed by atoms with Gasteiger partial charge < -0.3 is 9.80 Å². The van der Waals surface area contributed by atoms with Gasteiger partial charge in [0, 0.05) is 44.4 Å². The molecule has 0 radical (unpaired) electrons. The Bertz CT molecular complexity index is 3890. The van der Waals surface area contributed by atoms with E-state index in [1.165, 1.54) is 98.4 Å². The Morgan fingerprint density at radius 2 is 0.571 bits per heavy atom. The Balaban J connectivity index is 1.04. The lowest BCUT2D eigenvalue weighted by molar-refractivity contribution is 0.660. The van der Waals surface area contributed by atoms with E-state index in [9.17, 15) is 0 Å². The summed E-state index contributed by atoms with van der Waals surface area (Å²) in [5.41, 5.74) is 17.4. The van der Waals surface area contributed by atoms with E-state index in [0.29, 0.717) is 0 Å². The van der Waals surface area contributed by atoms with Gasteiger partial charge in [-0.1, -0.05) is 198 Å². The van der Waals surface area contributed by atoms with E-state index in [1.807, 2.05) is 0 Å². The smallest absolute Gasteiger partial charge is 0.0546 e. The number of benzene rings is 12. The standard InChI is InChI=1S/C68H50N2/c1-67(2)61-27-15-13-23-53(61)59-39-49(33-35-63(59)67)69(47-31-29-43-17-5-7-19-45(43)37-47)65-41-57-52-22-10-12-26-56(52)66(42-58(57)51-21-9-11-25-55(51)65)70(48-32-30-44-18-6-8-20-46(44)38-48)50-34-36-64-60(40-50)54-24-14-16-28-62(54)68(64,3)4/h5-42H,1-4H3. The molecule has 0 aliphatic heterocycles. The number of hydrogen-bond acceptors (Lipinski definition) is 2. The molecule has 0 saturated heterocycles. The van der Waals surface area contributed by atoms with Gasteiger partial charge in [0.2, 0.25) is 0 Å². The van der Waals surface area contributed by atoms with Crippen LogP contribution in [0, 0.1) is 0 Å². The molecule has 332 valence electrons. The molecular weight excluding hydrogens is 845 g/mol. The number of anilines is 6. The number of rotatable bonds is 6. The Morgan fingerprint density at radius 3 is 1.01 bits per heavy atom. The molecule has 0 fully saturated rings. The molecule has 0 aromatic heterocycles. The lowest BCUT2D eigenvalue weighted by Gasteiger charge is -2.31. The van der Waals surface area contributed by atoms with Gasteiger partial charge in [-0.05, 0) is 148 Å². The normalized spacial score (nSPS) is 13.9. The van der Waals surface area contributed by atoms with E-state index in [1.54, 1.807) is 0 Å². The van der Waals surface area contributed by atoms with Crippen molar-refractivity contribution in [3.05, 3.63) is 253 Å². The number of fused-ring (bicyclic) bond motifs is 13. The van der Waals surface area contributed by atoms with Crippen LogP contribution in [0.1, 0.15) is 49.9 Å². The van der Waals surface area contributed by atoms with Crippen LogP contribution in [0.25, 0.3) is 76.1 Å². The van der Waals surface area contributed by atoms with Crippen molar-refractivity contribution >= 4 is 88.0 Å². The Hall–Kier alpha value is -8.46. The van der Waals surface area contributed by atoms with Gasteiger partial charge in [0.05, 0.1) is 11.4 Å². The molecular formula is C68H50N2. The summed E-state index contributed by atoms with van der Waals surface area (Å²) in [4.78, 5) is 5.02. The predicted molar refractivity (Wildman–Crippen MR) is 298 cm³/mol. The largest absolute Gasteiger partial charge is 0.310 e. The first kappa shape index (κ1) is 40.6. The van der Waals surface area contributed by atoms with Crippen LogP contribution in [-0.4, -0.2) is 0 Å². The second kappa shape index (κ2) is 15.0. The maximum Gasteiger partial charge on any atom is 0.0546 e. The van der Waals surface area contributed by atoms with E-state index in [0.717, 1.165) is 34.1 Å². The highest BCUT2D eigenvalue weighted by molar-refractivity contribution is 6.25. The summed E-state index contributed by atoms with van der Waals surface area (Å²) in [5, 5.41) is 12.1. The fourth-order valence-electron chi connectivity index (χ4n) is 12.5. The summed E-state index contributed by atoms with van der Waals surface area (Å²) in [6.45, 7) is 9.44. The van der Waals surface area contributed by atoms with Gasteiger partial charge in [-0.15, -0.1) is 0 Å². The molecule has 0 N–H and O–H groups in total. The maximum absolute atomic E-state index is 2.51. The molecule has 0 spiro atoms. The first-order valence-electron chi connectivity index (χ1n) is 24.7. The molecule has 0 unspecified atom stereocenters. The molecule has 0 saturated carbocycles. The van der Waals surface area contributed by atoms with Crippen LogP contribution in [0.4, 0.5) is 34.1 Å². The molecule has 12 aromatic carbocycles. The SMILES string of the molecule is CC1(C)c2ccccc2-c2cc(N(c3ccc4ccccc4c3)c3cc4c5ccccc5c(N(c5ccc6c(c5)-c5ccccc5C6(C)C)c5ccc6ccccc6c5)cc4c4ccccc34)ccc21. The summed E-state index contributed by atoms with van der Waals surface area (Å²) in [6, 6.07) is 86.6. The molecule has 2 aliphatic carbocycles. The van der Waals surface area contributed by atoms with Crippen LogP contribution < -0.4 is 9.80 Å². The predicted octanol–water partition coefficient (Wildman–Crippen LogP) is 19.0. The summed E-state index contributed by atoms with van der Waals surface area (Å²) >= 11 is 0. The molecule has 70 heavy (non-hydrogen) atoms. The van der Waals surface area contributed by atoms with E-state index in [2.05, 4.69) is 268 Å². The van der Waals surface area contributed by atoms with Crippen LogP contribution in [0.3, 0.4) is 0 Å². The van der Waals surface area contributed by atoms with Crippen molar-refractivity contribution in [2.24, 2.45) is 0 Å². The molecule has 12 aromatic rings. The van der Waals surface area contributed by atoms with Crippen LogP contribution in [0.15, 0.2) is 231 Å². The zero-order valence-electron chi connectivity index (χ0n) is 39.8. The lowest BCUT2D eigenvalue weighted by Crippen LogP contribution is -2.15. The van der Waals surface area contributed by atoms with E-state index < -0.39 is 0 Å². The highest BCUT2D eigenvalue weighted by Gasteiger charge is 2.37. The average Bonchev–Trinajstić information content (AvgIpc) is 3.77. The Kier molecular flexibility index (Phi) is 8.71. The van der Waals surface area contributed by atoms with Gasteiger partial charge in [-0.25, -0.2) is 0 Å².